The fourth-order valence-corrected chi connectivity index (χ4v) is 1.25. The first-order valence-electron chi connectivity index (χ1n) is 4.87. The topological polar surface area (TPSA) is 50.1 Å². The van der Waals surface area contributed by atoms with E-state index in [-0.39, 0.29) is 12.1 Å². The third-order valence-corrected chi connectivity index (χ3v) is 2.38. The molecule has 0 radical (unpaired) electrons. The number of nitrogens with one attached hydrogen (secondary N) is 1. The van der Waals surface area contributed by atoms with Crippen molar-refractivity contribution >= 4 is 0 Å². The van der Waals surface area contributed by atoms with Crippen molar-refractivity contribution in [2.24, 2.45) is 7.05 Å². The number of hydrogen-bond donors (Lipinski definition) is 2. The fraction of sp³-hybridized carbons (Fsp3) is 0.700. The molecule has 0 unspecified atom stereocenters. The normalized spacial score (nSPS) is 12.0. The smallest absolute Gasteiger partial charge is 0.122 e. The molecule has 0 atom stereocenters. The summed E-state index contributed by atoms with van der Waals surface area (Å²) in [6.07, 6.45) is 4.46. The van der Waals surface area contributed by atoms with Gasteiger partial charge < -0.3 is 15.0 Å². The number of hydrogen-bond acceptors (Lipinski definition) is 3. The van der Waals surface area contributed by atoms with Gasteiger partial charge in [-0.05, 0) is 20.3 Å². The van der Waals surface area contributed by atoms with E-state index in [0.29, 0.717) is 0 Å². The van der Waals surface area contributed by atoms with Crippen molar-refractivity contribution in [2.45, 2.75) is 32.4 Å². The van der Waals surface area contributed by atoms with Crippen LogP contribution in [0.25, 0.3) is 0 Å². The minimum Gasteiger partial charge on any atom is -0.396 e. The van der Waals surface area contributed by atoms with Gasteiger partial charge in [-0.1, -0.05) is 0 Å². The minimum atomic E-state index is -0.0410. The zero-order valence-corrected chi connectivity index (χ0v) is 9.12. The predicted molar refractivity (Wildman–Crippen MR) is 55.8 cm³/mol. The highest BCUT2D eigenvalue weighted by molar-refractivity contribution is 4.92. The summed E-state index contributed by atoms with van der Waals surface area (Å²) in [5.74, 6) is 1.01. The molecule has 0 aromatic carbocycles. The van der Waals surface area contributed by atoms with Crippen LogP contribution in [0.2, 0.25) is 0 Å². The lowest BCUT2D eigenvalue weighted by Gasteiger charge is -2.25. The molecule has 0 bridgehead atoms. The molecular formula is C10H19N3O. The monoisotopic (exact) mass is 197 g/mol. The first-order chi connectivity index (χ1) is 6.55. The summed E-state index contributed by atoms with van der Waals surface area (Å²) in [7, 11) is 1.98. The third-order valence-electron chi connectivity index (χ3n) is 2.38. The number of aromatic nitrogens is 2. The van der Waals surface area contributed by atoms with E-state index >= 15 is 0 Å². The standard InChI is InChI=1S/C10H19N3O/c1-10(2,4-7-14)12-8-9-11-5-6-13(9)3/h5-6,12,14H,4,7-8H2,1-3H3. The van der Waals surface area contributed by atoms with Crippen LogP contribution >= 0.6 is 0 Å². The lowest BCUT2D eigenvalue weighted by Crippen LogP contribution is -2.40. The highest BCUT2D eigenvalue weighted by Crippen LogP contribution is 2.08. The van der Waals surface area contributed by atoms with Crippen LogP contribution in [0.5, 0.6) is 0 Å². The maximum Gasteiger partial charge on any atom is 0.122 e. The molecule has 1 heterocycles. The number of nitrogens with zero attached hydrogens (tertiary/aromatic N) is 2. The van der Waals surface area contributed by atoms with Gasteiger partial charge in [0.2, 0.25) is 0 Å². The van der Waals surface area contributed by atoms with Gasteiger partial charge >= 0.3 is 0 Å². The molecule has 1 aromatic heterocycles. The van der Waals surface area contributed by atoms with Gasteiger partial charge in [0.05, 0.1) is 6.54 Å². The molecule has 1 rings (SSSR count). The van der Waals surface area contributed by atoms with Gasteiger partial charge in [-0.3, -0.25) is 0 Å². The van der Waals surface area contributed by atoms with E-state index in [0.717, 1.165) is 18.8 Å². The SMILES string of the molecule is Cn1ccnc1CNC(C)(C)CCO. The number of aryl methyl sites for hydroxylation is 1. The molecule has 0 amide bonds. The van der Waals surface area contributed by atoms with E-state index in [9.17, 15) is 0 Å². The summed E-state index contributed by atoms with van der Waals surface area (Å²) in [4.78, 5) is 4.22. The van der Waals surface area contributed by atoms with Crippen molar-refractivity contribution in [2.75, 3.05) is 6.61 Å². The highest BCUT2D eigenvalue weighted by Gasteiger charge is 2.16. The predicted octanol–water partition coefficient (Wildman–Crippen LogP) is 0.671. The van der Waals surface area contributed by atoms with E-state index in [2.05, 4.69) is 24.1 Å². The molecule has 0 aliphatic rings. The summed E-state index contributed by atoms with van der Waals surface area (Å²) in [6.45, 7) is 5.09. The summed E-state index contributed by atoms with van der Waals surface area (Å²) in [5, 5.41) is 12.2. The summed E-state index contributed by atoms with van der Waals surface area (Å²) < 4.78 is 1.99. The molecule has 0 fully saturated rings. The molecule has 80 valence electrons. The second kappa shape index (κ2) is 4.57. The van der Waals surface area contributed by atoms with Crippen molar-refractivity contribution in [3.63, 3.8) is 0 Å². The Kier molecular flexibility index (Phi) is 3.66. The largest absolute Gasteiger partial charge is 0.396 e. The van der Waals surface area contributed by atoms with Gasteiger partial charge in [0.15, 0.2) is 0 Å². The Bertz CT molecular complexity index is 281. The Labute approximate surface area is 85.0 Å². The van der Waals surface area contributed by atoms with Crippen LogP contribution in [-0.2, 0) is 13.6 Å². The van der Waals surface area contributed by atoms with Crippen molar-refractivity contribution in [1.29, 1.82) is 0 Å². The molecule has 0 aliphatic carbocycles. The third kappa shape index (κ3) is 3.12. The van der Waals surface area contributed by atoms with Crippen LogP contribution in [0.1, 0.15) is 26.1 Å². The maximum atomic E-state index is 8.85. The molecule has 14 heavy (non-hydrogen) atoms. The van der Waals surface area contributed by atoms with Gasteiger partial charge in [-0.15, -0.1) is 0 Å². The van der Waals surface area contributed by atoms with Crippen LogP contribution in [0.4, 0.5) is 0 Å². The van der Waals surface area contributed by atoms with Crippen molar-refractivity contribution in [3.8, 4) is 0 Å². The van der Waals surface area contributed by atoms with E-state index < -0.39 is 0 Å². The number of rotatable bonds is 5. The van der Waals surface area contributed by atoms with Crippen LogP contribution in [0.15, 0.2) is 12.4 Å². The average molecular weight is 197 g/mol. The zero-order chi connectivity index (χ0) is 10.6. The Morgan fingerprint density at radius 1 is 1.57 bits per heavy atom. The molecule has 0 aliphatic heterocycles. The van der Waals surface area contributed by atoms with Crippen molar-refractivity contribution in [3.05, 3.63) is 18.2 Å². The number of aliphatic hydroxyl groups excluding tert-OH is 1. The highest BCUT2D eigenvalue weighted by atomic mass is 16.3. The van der Waals surface area contributed by atoms with E-state index in [1.165, 1.54) is 0 Å². The van der Waals surface area contributed by atoms with Crippen LogP contribution in [0.3, 0.4) is 0 Å². The van der Waals surface area contributed by atoms with Gasteiger partial charge in [0.1, 0.15) is 5.82 Å². The maximum absolute atomic E-state index is 8.85. The van der Waals surface area contributed by atoms with Crippen LogP contribution < -0.4 is 5.32 Å². The van der Waals surface area contributed by atoms with Gasteiger partial charge in [0, 0.05) is 31.6 Å². The summed E-state index contributed by atoms with van der Waals surface area (Å²) in [6, 6.07) is 0. The van der Waals surface area contributed by atoms with E-state index in [4.69, 9.17) is 5.11 Å². The number of imidazole rings is 1. The second-order valence-electron chi connectivity index (χ2n) is 4.17. The number of aliphatic hydroxyl groups is 1. The van der Waals surface area contributed by atoms with Gasteiger partial charge in [-0.25, -0.2) is 4.98 Å². The molecular weight excluding hydrogens is 178 g/mol. The van der Waals surface area contributed by atoms with E-state index in [1.807, 2.05) is 17.8 Å². The summed E-state index contributed by atoms with van der Waals surface area (Å²) in [5.41, 5.74) is -0.0410. The van der Waals surface area contributed by atoms with Crippen LogP contribution in [-0.4, -0.2) is 26.8 Å². The molecule has 2 N–H and O–H groups in total. The first kappa shape index (κ1) is 11.2. The Hall–Kier alpha value is -0.870. The van der Waals surface area contributed by atoms with Gasteiger partial charge in [0.25, 0.3) is 0 Å². The lowest BCUT2D eigenvalue weighted by atomic mass is 10.0. The first-order valence-corrected chi connectivity index (χ1v) is 4.87. The fourth-order valence-electron chi connectivity index (χ4n) is 1.25. The molecule has 4 nitrogen and oxygen atoms in total. The Morgan fingerprint density at radius 2 is 2.29 bits per heavy atom. The molecule has 0 saturated carbocycles. The van der Waals surface area contributed by atoms with Gasteiger partial charge in [-0.2, -0.15) is 0 Å². The zero-order valence-electron chi connectivity index (χ0n) is 9.12. The molecule has 4 heteroatoms. The minimum absolute atomic E-state index is 0.0410. The second-order valence-corrected chi connectivity index (χ2v) is 4.17. The van der Waals surface area contributed by atoms with Crippen molar-refractivity contribution < 1.29 is 5.11 Å². The quantitative estimate of drug-likeness (QED) is 0.729. The lowest BCUT2D eigenvalue weighted by molar-refractivity contribution is 0.229. The molecule has 0 spiro atoms. The summed E-state index contributed by atoms with van der Waals surface area (Å²) >= 11 is 0. The van der Waals surface area contributed by atoms with E-state index in [1.54, 1.807) is 6.20 Å². The van der Waals surface area contributed by atoms with Crippen molar-refractivity contribution in [1.82, 2.24) is 14.9 Å². The van der Waals surface area contributed by atoms with Crippen LogP contribution in [0, 0.1) is 0 Å². The average Bonchev–Trinajstić information content (AvgIpc) is 2.48. The Balaban J connectivity index is 2.44. The molecule has 0 saturated heterocycles. The Morgan fingerprint density at radius 3 is 2.79 bits per heavy atom. The molecule has 1 aromatic rings.